The Morgan fingerprint density at radius 3 is 2.33 bits per heavy atom. The van der Waals surface area contributed by atoms with Crippen molar-refractivity contribution in [2.75, 3.05) is 58.0 Å². The van der Waals surface area contributed by atoms with E-state index in [4.69, 9.17) is 30.8 Å². The number of halogens is 1. The first-order chi connectivity index (χ1) is 26.7. The van der Waals surface area contributed by atoms with Gasteiger partial charge in [0.25, 0.3) is 0 Å². The number of amides is 1. The van der Waals surface area contributed by atoms with Gasteiger partial charge in [-0.1, -0.05) is 23.7 Å². The molecule has 0 saturated heterocycles. The summed E-state index contributed by atoms with van der Waals surface area (Å²) in [6.07, 6.45) is 4.60. The van der Waals surface area contributed by atoms with E-state index in [9.17, 15) is 9.59 Å². The van der Waals surface area contributed by atoms with Crippen LogP contribution in [0.5, 0.6) is 0 Å². The molecule has 5 aromatic rings. The molecular formula is C40H43ClN8O5S. The van der Waals surface area contributed by atoms with Crippen LogP contribution >= 0.6 is 22.9 Å². The first-order valence-electron chi connectivity index (χ1n) is 18.3. The average Bonchev–Trinajstić information content (AvgIpc) is 3.82. The molecule has 0 radical (unpaired) electrons. The van der Waals surface area contributed by atoms with Gasteiger partial charge in [0.05, 0.1) is 57.5 Å². The second-order valence-corrected chi connectivity index (χ2v) is 15.0. The van der Waals surface area contributed by atoms with Crippen molar-refractivity contribution >= 4 is 46.2 Å². The van der Waals surface area contributed by atoms with Crippen molar-refractivity contribution in [1.29, 1.82) is 0 Å². The summed E-state index contributed by atoms with van der Waals surface area (Å²) in [6, 6.07) is 13.0. The highest BCUT2D eigenvalue weighted by Gasteiger charge is 2.32. The molecule has 7 rings (SSSR count). The number of anilines is 1. The number of fused-ring (bicyclic) bond motifs is 4. The maximum Gasteiger partial charge on any atom is 0.222 e. The van der Waals surface area contributed by atoms with Crippen molar-refractivity contribution in [2.24, 2.45) is 4.99 Å². The van der Waals surface area contributed by atoms with Crippen molar-refractivity contribution in [1.82, 2.24) is 30.0 Å². The number of ketones is 1. The smallest absolute Gasteiger partial charge is 0.222 e. The minimum absolute atomic E-state index is 0.113. The van der Waals surface area contributed by atoms with Crippen LogP contribution < -0.4 is 10.6 Å². The zero-order valence-corrected chi connectivity index (χ0v) is 32.6. The number of hydrogen-bond acceptors (Lipinski definition) is 12. The number of aryl methyl sites for hydroxylation is 2. The van der Waals surface area contributed by atoms with E-state index in [0.29, 0.717) is 76.4 Å². The molecule has 2 aliphatic rings. The second kappa shape index (κ2) is 17.7. The highest BCUT2D eigenvalue weighted by Crippen LogP contribution is 2.39. The van der Waals surface area contributed by atoms with Crippen LogP contribution in [0, 0.1) is 20.8 Å². The number of pyridine rings is 2. The quantitative estimate of drug-likeness (QED) is 0.114. The zero-order valence-electron chi connectivity index (χ0n) is 31.1. The van der Waals surface area contributed by atoms with Crippen LogP contribution in [0.15, 0.2) is 59.9 Å². The lowest BCUT2D eigenvalue weighted by molar-refractivity contribution is -0.121. The predicted molar refractivity (Wildman–Crippen MR) is 212 cm³/mol. The fraction of sp³-hybridized carbons (Fsp3) is 0.375. The Balaban J connectivity index is 0.779. The molecule has 4 aromatic heterocycles. The van der Waals surface area contributed by atoms with Gasteiger partial charge < -0.3 is 24.8 Å². The first-order valence-corrected chi connectivity index (χ1v) is 19.5. The van der Waals surface area contributed by atoms with Crippen LogP contribution in [-0.2, 0) is 36.6 Å². The van der Waals surface area contributed by atoms with Crippen molar-refractivity contribution in [3.05, 3.63) is 104 Å². The van der Waals surface area contributed by atoms with Gasteiger partial charge in [-0.05, 0) is 62.2 Å². The Morgan fingerprint density at radius 2 is 1.58 bits per heavy atom. The van der Waals surface area contributed by atoms with Gasteiger partial charge in [-0.3, -0.25) is 24.1 Å². The number of aromatic nitrogens is 5. The van der Waals surface area contributed by atoms with Crippen LogP contribution in [0.3, 0.4) is 0 Å². The van der Waals surface area contributed by atoms with Gasteiger partial charge in [0.1, 0.15) is 28.5 Å². The Hall–Kier alpha value is -4.86. The molecule has 0 saturated carbocycles. The van der Waals surface area contributed by atoms with Gasteiger partial charge in [0.15, 0.2) is 5.82 Å². The third-order valence-electron chi connectivity index (χ3n) is 9.51. The Labute approximate surface area is 328 Å². The van der Waals surface area contributed by atoms with Gasteiger partial charge in [-0.15, -0.1) is 21.5 Å². The minimum atomic E-state index is -0.532. The minimum Gasteiger partial charge on any atom is -0.377 e. The topological polar surface area (TPSA) is 155 Å². The molecule has 1 amide bonds. The van der Waals surface area contributed by atoms with E-state index in [1.165, 1.54) is 4.88 Å². The summed E-state index contributed by atoms with van der Waals surface area (Å²) < 4.78 is 19.0. The maximum absolute atomic E-state index is 13.2. The molecule has 0 spiro atoms. The monoisotopic (exact) mass is 782 g/mol. The number of nitrogens with zero attached hydrogens (tertiary/aromatic N) is 6. The Bertz CT molecular complexity index is 2180. The number of carbonyl (C=O) groups is 2. The fourth-order valence-corrected chi connectivity index (χ4v) is 7.92. The van der Waals surface area contributed by atoms with Crippen molar-refractivity contribution < 1.29 is 23.8 Å². The van der Waals surface area contributed by atoms with Gasteiger partial charge in [0.2, 0.25) is 5.91 Å². The van der Waals surface area contributed by atoms with E-state index in [0.717, 1.165) is 61.4 Å². The van der Waals surface area contributed by atoms with Crippen LogP contribution in [0.1, 0.15) is 56.9 Å². The fourth-order valence-electron chi connectivity index (χ4n) is 6.58. The summed E-state index contributed by atoms with van der Waals surface area (Å²) in [5.74, 6) is 2.20. The van der Waals surface area contributed by atoms with Gasteiger partial charge in [-0.25, -0.2) is 4.98 Å². The normalized spacial score (nSPS) is 14.6. The van der Waals surface area contributed by atoms with Crippen LogP contribution in [0.2, 0.25) is 5.02 Å². The molecule has 13 nitrogen and oxygen atoms in total. The molecule has 0 unspecified atom stereocenters. The number of benzene rings is 1. The lowest BCUT2D eigenvalue weighted by Gasteiger charge is -2.13. The Morgan fingerprint density at radius 1 is 0.873 bits per heavy atom. The average molecular weight is 783 g/mol. The van der Waals surface area contributed by atoms with Crippen LogP contribution in [0.4, 0.5) is 5.82 Å². The SMILES string of the molecule is Cc1sc2c(c1C)C(c1ccc(Cl)cc1)=N[C@@H](CC(=O)NCCOCCOCCOCCNc1ccc(-c3cnc4c(c3)CC(=O)C4)cn1)c1nnc(C)n1-2. The van der Waals surface area contributed by atoms with Gasteiger partial charge >= 0.3 is 0 Å². The van der Waals surface area contributed by atoms with E-state index in [-0.39, 0.29) is 18.1 Å². The van der Waals surface area contributed by atoms with E-state index in [1.54, 1.807) is 23.7 Å². The van der Waals surface area contributed by atoms with Gasteiger partial charge in [0, 0.05) is 70.5 Å². The number of Topliss-reactive ketones (excluding diaryl/α,β-unsaturated/α-hetero) is 1. The second-order valence-electron chi connectivity index (χ2n) is 13.4. The number of rotatable bonds is 17. The van der Waals surface area contributed by atoms with E-state index >= 15 is 0 Å². The molecule has 286 valence electrons. The molecule has 55 heavy (non-hydrogen) atoms. The van der Waals surface area contributed by atoms with Crippen molar-refractivity contribution in [2.45, 2.75) is 46.1 Å². The summed E-state index contributed by atoms with van der Waals surface area (Å²) >= 11 is 7.89. The maximum atomic E-state index is 13.2. The van der Waals surface area contributed by atoms with E-state index in [1.807, 2.05) is 54.0 Å². The summed E-state index contributed by atoms with van der Waals surface area (Å²) in [5.41, 5.74) is 7.71. The highest BCUT2D eigenvalue weighted by molar-refractivity contribution is 7.15. The zero-order chi connectivity index (χ0) is 38.3. The van der Waals surface area contributed by atoms with Crippen molar-refractivity contribution in [3.8, 4) is 16.1 Å². The summed E-state index contributed by atoms with van der Waals surface area (Å²) in [4.78, 5) is 40.1. The lowest BCUT2D eigenvalue weighted by atomic mass is 9.99. The molecule has 1 aliphatic carbocycles. The molecular weight excluding hydrogens is 740 g/mol. The first kappa shape index (κ1) is 38.4. The number of ether oxygens (including phenoxy) is 3. The molecule has 15 heteroatoms. The largest absolute Gasteiger partial charge is 0.377 e. The summed E-state index contributed by atoms with van der Waals surface area (Å²) in [7, 11) is 0. The molecule has 0 bridgehead atoms. The van der Waals surface area contributed by atoms with E-state index < -0.39 is 6.04 Å². The number of carbonyl (C=O) groups excluding carboxylic acids is 2. The molecule has 1 aliphatic heterocycles. The van der Waals surface area contributed by atoms with E-state index in [2.05, 4.69) is 44.6 Å². The highest BCUT2D eigenvalue weighted by atomic mass is 35.5. The third kappa shape index (κ3) is 9.17. The van der Waals surface area contributed by atoms with Gasteiger partial charge in [-0.2, -0.15) is 0 Å². The Kier molecular flexibility index (Phi) is 12.4. The van der Waals surface area contributed by atoms with Crippen LogP contribution in [-0.4, -0.2) is 94.9 Å². The predicted octanol–water partition coefficient (Wildman–Crippen LogP) is 5.59. The number of nitrogens with one attached hydrogen (secondary N) is 2. The lowest BCUT2D eigenvalue weighted by Crippen LogP contribution is -2.29. The number of aliphatic imine (C=N–C) groups is 1. The molecule has 5 heterocycles. The molecule has 1 aromatic carbocycles. The summed E-state index contributed by atoms with van der Waals surface area (Å²) in [6.45, 7) is 9.67. The third-order valence-corrected chi connectivity index (χ3v) is 11.0. The van der Waals surface area contributed by atoms with Crippen molar-refractivity contribution in [3.63, 3.8) is 0 Å². The molecule has 2 N–H and O–H groups in total. The number of hydrogen-bond donors (Lipinski definition) is 2. The molecule has 0 fully saturated rings. The molecule has 1 atom stereocenters. The number of thiophene rings is 1. The standard InChI is InChI=1S/C40H43ClN8O5S/c1-24-25(2)55-40-37(24)38(27-4-7-31(41)8-5-27)46-34(39-48-47-26(3)49(39)40)21-36(51)43-11-13-53-15-17-54-16-14-52-12-10-42-35-9-6-28(22-45-35)30-18-29-19-32(50)20-33(29)44-23-30/h4-9,18,22-23,34H,10-17,19-21H2,1-3H3,(H,42,45)(H,43,51)/t34-/m0/s1. The summed E-state index contributed by atoms with van der Waals surface area (Å²) in [5, 5.41) is 16.7. The van der Waals surface area contributed by atoms with Crippen LogP contribution in [0.25, 0.3) is 16.1 Å².